The van der Waals surface area contributed by atoms with Gasteiger partial charge in [-0.05, 0) is 78.4 Å². The lowest BCUT2D eigenvalue weighted by Crippen LogP contribution is -2.32. The minimum atomic E-state index is 0.847. The van der Waals surface area contributed by atoms with E-state index in [0.29, 0.717) is 0 Å². The van der Waals surface area contributed by atoms with Crippen LogP contribution in [0.5, 0.6) is 0 Å². The van der Waals surface area contributed by atoms with E-state index in [9.17, 15) is 0 Å². The molecule has 0 spiro atoms. The molecule has 0 N–H and O–H groups in total. The van der Waals surface area contributed by atoms with Crippen LogP contribution in [-0.4, -0.2) is 0 Å². The second-order valence-electron chi connectivity index (χ2n) is 11.9. The van der Waals surface area contributed by atoms with Crippen LogP contribution < -0.4 is 0 Å². The molecule has 0 aliphatic heterocycles. The first kappa shape index (κ1) is 32.0. The van der Waals surface area contributed by atoms with E-state index in [2.05, 4.69) is 55.4 Å². The third-order valence-corrected chi connectivity index (χ3v) is 9.82. The van der Waals surface area contributed by atoms with Crippen molar-refractivity contribution in [2.75, 3.05) is 0 Å². The van der Waals surface area contributed by atoms with Crippen LogP contribution in [0.15, 0.2) is 0 Å². The zero-order valence-corrected chi connectivity index (χ0v) is 24.9. The molecule has 194 valence electrons. The first-order valence-electron chi connectivity index (χ1n) is 15.2. The molecule has 0 saturated heterocycles. The van der Waals surface area contributed by atoms with Gasteiger partial charge in [-0.3, -0.25) is 0 Å². The number of hydrogen-bond acceptors (Lipinski definition) is 0. The summed E-state index contributed by atoms with van der Waals surface area (Å²) in [6.45, 7) is 26.7. The van der Waals surface area contributed by atoms with Gasteiger partial charge in [0.05, 0.1) is 0 Å². The maximum absolute atomic E-state index is 2.52. The van der Waals surface area contributed by atoms with E-state index in [4.69, 9.17) is 0 Å². The van der Waals surface area contributed by atoms with Gasteiger partial charge in [0.25, 0.3) is 0 Å². The van der Waals surface area contributed by atoms with Crippen molar-refractivity contribution in [2.45, 2.75) is 160 Å². The van der Waals surface area contributed by atoms with Crippen LogP contribution in [0.1, 0.15) is 160 Å². The molecule has 0 heteroatoms. The van der Waals surface area contributed by atoms with Crippen molar-refractivity contribution in [1.82, 2.24) is 0 Å². The van der Waals surface area contributed by atoms with Crippen molar-refractivity contribution in [1.29, 1.82) is 0 Å². The second kappa shape index (κ2) is 15.8. The fourth-order valence-electron chi connectivity index (χ4n) is 7.27. The molecular formula is C32H66. The van der Waals surface area contributed by atoms with Gasteiger partial charge in [-0.15, -0.1) is 0 Å². The fourth-order valence-corrected chi connectivity index (χ4v) is 7.27. The molecular weight excluding hydrogens is 384 g/mol. The van der Waals surface area contributed by atoms with Crippen molar-refractivity contribution in [3.63, 3.8) is 0 Å². The van der Waals surface area contributed by atoms with Gasteiger partial charge < -0.3 is 0 Å². The molecule has 0 nitrogen and oxygen atoms in total. The Morgan fingerprint density at radius 1 is 0.656 bits per heavy atom. The smallest absolute Gasteiger partial charge is 0.0202 e. The maximum atomic E-state index is 2.52. The highest BCUT2D eigenvalue weighted by atomic mass is 14.8. The largest absolute Gasteiger partial charge is 0.0683 e. The predicted octanol–water partition coefficient (Wildman–Crippen LogP) is 11.6. The zero-order valence-electron chi connectivity index (χ0n) is 24.9. The van der Waals surface area contributed by atoms with Crippen LogP contribution in [-0.2, 0) is 0 Å². The second-order valence-corrected chi connectivity index (χ2v) is 11.9. The fraction of sp³-hybridized carbons (Fsp3) is 1.00. The molecule has 0 amide bonds. The molecule has 0 radical (unpaired) electrons. The van der Waals surface area contributed by atoms with Crippen molar-refractivity contribution >= 4 is 0 Å². The Morgan fingerprint density at radius 2 is 1.16 bits per heavy atom. The Bertz CT molecular complexity index is 437. The number of rotatable bonds is 3. The van der Waals surface area contributed by atoms with Crippen LogP contribution in [0, 0.1) is 46.3 Å². The van der Waals surface area contributed by atoms with Gasteiger partial charge in [0.15, 0.2) is 0 Å². The van der Waals surface area contributed by atoms with Crippen LogP contribution in [0.4, 0.5) is 0 Å². The normalized spacial score (nSPS) is 34.9. The molecule has 4 fully saturated rings. The molecule has 4 saturated carbocycles. The standard InChI is InChI=1S/C15H26.C7H14.C6H14.2C2H6/c1-4-12-7-9-15-10-14(12,15)8-6-11(3)13(15)5-2;1-7-5-3-2-4-6-7;1-5(2)6(3)4;2*1-2/h11-13H,4-10H2,1-3H3;7H,2-6H2,1H3;5-6H,1-4H3;2*1-2H3/t11-,12?,13?,14?,15?;;;;/m0..../s1. The van der Waals surface area contributed by atoms with E-state index in [1.807, 2.05) is 27.7 Å². The first-order valence-corrected chi connectivity index (χ1v) is 15.2. The average Bonchev–Trinajstić information content (AvgIpc) is 3.38. The first-order chi connectivity index (χ1) is 15.2. The highest BCUT2D eigenvalue weighted by molar-refractivity contribution is 5.25. The molecule has 0 bridgehead atoms. The SMILES string of the molecule is CC.CC.CC(C)C(C)C.CC1CCCCC1.CCC1CCC23CC12CC[C@H](C)C3CC. The zero-order chi connectivity index (χ0) is 24.9. The summed E-state index contributed by atoms with van der Waals surface area (Å²) in [5.74, 6) is 5.92. The monoisotopic (exact) mass is 451 g/mol. The Morgan fingerprint density at radius 3 is 1.53 bits per heavy atom. The highest BCUT2D eigenvalue weighted by Gasteiger charge is 2.76. The molecule has 5 atom stereocenters. The predicted molar refractivity (Wildman–Crippen MR) is 149 cm³/mol. The summed E-state index contributed by atoms with van der Waals surface area (Å²) in [4.78, 5) is 0. The van der Waals surface area contributed by atoms with Crippen molar-refractivity contribution in [2.24, 2.45) is 46.3 Å². The summed E-state index contributed by atoms with van der Waals surface area (Å²) in [6.07, 6.45) is 18.2. The Hall–Kier alpha value is 0. The van der Waals surface area contributed by atoms with Gasteiger partial charge in [-0.2, -0.15) is 0 Å². The summed E-state index contributed by atoms with van der Waals surface area (Å²) in [6, 6.07) is 0. The van der Waals surface area contributed by atoms with Crippen LogP contribution in [0.25, 0.3) is 0 Å². The van der Waals surface area contributed by atoms with Crippen molar-refractivity contribution in [3.05, 3.63) is 0 Å². The van der Waals surface area contributed by atoms with E-state index >= 15 is 0 Å². The molecule has 0 aromatic rings. The van der Waals surface area contributed by atoms with Gasteiger partial charge in [0.1, 0.15) is 0 Å². The van der Waals surface area contributed by atoms with E-state index in [1.54, 1.807) is 25.7 Å². The molecule has 0 heterocycles. The third-order valence-electron chi connectivity index (χ3n) is 9.82. The lowest BCUT2D eigenvalue weighted by Gasteiger charge is -2.39. The summed E-state index contributed by atoms with van der Waals surface area (Å²) >= 11 is 0. The van der Waals surface area contributed by atoms with Gasteiger partial charge in [-0.25, -0.2) is 0 Å². The lowest BCUT2D eigenvalue weighted by atomic mass is 9.66. The summed E-state index contributed by atoms with van der Waals surface area (Å²) in [5, 5.41) is 0. The summed E-state index contributed by atoms with van der Waals surface area (Å²) in [7, 11) is 0. The molecule has 32 heavy (non-hydrogen) atoms. The van der Waals surface area contributed by atoms with Crippen LogP contribution >= 0.6 is 0 Å². The lowest BCUT2D eigenvalue weighted by molar-refractivity contribution is 0.0972. The Kier molecular flexibility index (Phi) is 15.8. The molecule has 0 aromatic heterocycles. The molecule has 4 unspecified atom stereocenters. The Balaban J connectivity index is 0.000000477. The van der Waals surface area contributed by atoms with E-state index < -0.39 is 0 Å². The van der Waals surface area contributed by atoms with E-state index in [-0.39, 0.29) is 0 Å². The minimum Gasteiger partial charge on any atom is -0.0683 e. The molecule has 4 rings (SSSR count). The molecule has 4 aliphatic rings. The summed E-state index contributed by atoms with van der Waals surface area (Å²) < 4.78 is 0. The Labute approximate surface area is 206 Å². The minimum absolute atomic E-state index is 0.847. The van der Waals surface area contributed by atoms with Gasteiger partial charge >= 0.3 is 0 Å². The molecule has 4 aliphatic carbocycles. The highest BCUT2D eigenvalue weighted by Crippen LogP contribution is 2.84. The quantitative estimate of drug-likeness (QED) is 0.401. The topological polar surface area (TPSA) is 0 Å². The van der Waals surface area contributed by atoms with Crippen LogP contribution in [0.2, 0.25) is 0 Å². The maximum Gasteiger partial charge on any atom is -0.0202 e. The molecule has 0 aromatic carbocycles. The van der Waals surface area contributed by atoms with Gasteiger partial charge in [0.2, 0.25) is 0 Å². The van der Waals surface area contributed by atoms with E-state index in [1.165, 1.54) is 51.4 Å². The van der Waals surface area contributed by atoms with Gasteiger partial charge in [-0.1, -0.05) is 128 Å². The van der Waals surface area contributed by atoms with Crippen molar-refractivity contribution in [3.8, 4) is 0 Å². The van der Waals surface area contributed by atoms with Crippen LogP contribution in [0.3, 0.4) is 0 Å². The third kappa shape index (κ3) is 7.77. The average molecular weight is 451 g/mol. The number of hydrogen-bond donors (Lipinski definition) is 0. The van der Waals surface area contributed by atoms with E-state index in [0.717, 1.165) is 46.3 Å². The van der Waals surface area contributed by atoms with Gasteiger partial charge in [0, 0.05) is 0 Å². The summed E-state index contributed by atoms with van der Waals surface area (Å²) in [5.41, 5.74) is 1.70. The van der Waals surface area contributed by atoms with Crippen molar-refractivity contribution < 1.29 is 0 Å².